The molecule has 2 atom stereocenters. The minimum atomic E-state index is -0.610. The first-order valence-corrected chi connectivity index (χ1v) is 9.73. The van der Waals surface area contributed by atoms with Crippen molar-refractivity contribution in [3.63, 3.8) is 0 Å². The fourth-order valence-corrected chi connectivity index (χ4v) is 2.86. The van der Waals surface area contributed by atoms with Gasteiger partial charge in [0.2, 0.25) is 5.91 Å². The van der Waals surface area contributed by atoms with Crippen molar-refractivity contribution in [3.8, 4) is 0 Å². The van der Waals surface area contributed by atoms with Crippen LogP contribution in [0.25, 0.3) is 0 Å². The Morgan fingerprint density at radius 3 is 2.58 bits per heavy atom. The fourth-order valence-electron chi connectivity index (χ4n) is 1.89. The molecule has 0 aromatic heterocycles. The van der Waals surface area contributed by atoms with E-state index in [9.17, 15) is 9.59 Å². The molecule has 1 rings (SSSR count). The fraction of sp³-hybridized carbons (Fsp3) is 0.500. The van der Waals surface area contributed by atoms with Crippen LogP contribution >= 0.6 is 35.0 Å². The summed E-state index contributed by atoms with van der Waals surface area (Å²) in [4.78, 5) is 24.8. The van der Waals surface area contributed by atoms with E-state index in [0.717, 1.165) is 5.75 Å². The Kier molecular flexibility index (Phi) is 9.51. The normalized spacial score (nSPS) is 13.2. The first kappa shape index (κ1) is 21.1. The van der Waals surface area contributed by atoms with E-state index in [1.807, 2.05) is 20.2 Å². The number of hydrogen-bond donors (Lipinski definition) is 3. The molecule has 134 valence electrons. The van der Waals surface area contributed by atoms with Gasteiger partial charge >= 0.3 is 0 Å². The highest BCUT2D eigenvalue weighted by Crippen LogP contribution is 2.21. The van der Waals surface area contributed by atoms with Crippen molar-refractivity contribution in [2.45, 2.75) is 25.4 Å². The molecule has 24 heavy (non-hydrogen) atoms. The summed E-state index contributed by atoms with van der Waals surface area (Å²) >= 11 is 13.5. The van der Waals surface area contributed by atoms with Gasteiger partial charge in [0.25, 0.3) is 5.91 Å². The molecule has 0 heterocycles. The third-order valence-corrected chi connectivity index (χ3v) is 4.68. The Hall–Kier alpha value is -0.950. The van der Waals surface area contributed by atoms with Gasteiger partial charge in [-0.2, -0.15) is 11.8 Å². The van der Waals surface area contributed by atoms with Gasteiger partial charge in [-0.25, -0.2) is 0 Å². The molecule has 0 saturated carbocycles. The molecule has 0 spiro atoms. The zero-order valence-corrected chi connectivity index (χ0v) is 16.3. The third-order valence-electron chi connectivity index (χ3n) is 3.48. The highest BCUT2D eigenvalue weighted by atomic mass is 35.5. The summed E-state index contributed by atoms with van der Waals surface area (Å²) < 4.78 is 0. The summed E-state index contributed by atoms with van der Waals surface area (Å²) in [5.41, 5.74) is 0.298. The van der Waals surface area contributed by atoms with Gasteiger partial charge in [-0.05, 0) is 50.6 Å². The maximum Gasteiger partial charge on any atom is 0.253 e. The first-order valence-electron chi connectivity index (χ1n) is 7.58. The molecular weight excluding hydrogens is 369 g/mol. The highest BCUT2D eigenvalue weighted by molar-refractivity contribution is 7.98. The predicted molar refractivity (Wildman–Crippen MR) is 102 cm³/mol. The van der Waals surface area contributed by atoms with Crippen LogP contribution in [0.3, 0.4) is 0 Å². The molecule has 0 bridgehead atoms. The number of benzene rings is 1. The maximum absolute atomic E-state index is 12.4. The van der Waals surface area contributed by atoms with Crippen LogP contribution in [0, 0.1) is 0 Å². The lowest BCUT2D eigenvalue weighted by Crippen LogP contribution is -2.49. The number of amides is 2. The summed E-state index contributed by atoms with van der Waals surface area (Å²) in [7, 11) is 1.83. The van der Waals surface area contributed by atoms with Crippen molar-refractivity contribution in [2.75, 3.05) is 25.6 Å². The average Bonchev–Trinajstić information content (AvgIpc) is 2.55. The lowest BCUT2D eigenvalue weighted by molar-refractivity contribution is -0.123. The Morgan fingerprint density at radius 1 is 1.29 bits per heavy atom. The average molecular weight is 392 g/mol. The molecule has 8 heteroatoms. The predicted octanol–water partition coefficient (Wildman–Crippen LogP) is 2.57. The van der Waals surface area contributed by atoms with E-state index in [2.05, 4.69) is 16.0 Å². The van der Waals surface area contributed by atoms with E-state index in [-0.39, 0.29) is 22.9 Å². The molecule has 1 aromatic rings. The van der Waals surface area contributed by atoms with Gasteiger partial charge in [0, 0.05) is 17.6 Å². The number of rotatable bonds is 9. The second-order valence-corrected chi connectivity index (χ2v) is 7.20. The summed E-state index contributed by atoms with van der Waals surface area (Å²) in [6.07, 6.45) is 2.49. The molecule has 1 aromatic carbocycles. The number of nitrogens with one attached hydrogen (secondary N) is 3. The Balaban J connectivity index is 2.76. The smallest absolute Gasteiger partial charge is 0.253 e. The van der Waals surface area contributed by atoms with Crippen LogP contribution in [0.4, 0.5) is 0 Å². The van der Waals surface area contributed by atoms with E-state index in [1.165, 1.54) is 6.07 Å². The van der Waals surface area contributed by atoms with Crippen molar-refractivity contribution in [3.05, 3.63) is 33.8 Å². The zero-order valence-electron chi connectivity index (χ0n) is 14.0. The summed E-state index contributed by atoms with van der Waals surface area (Å²) in [6.45, 7) is 2.45. The molecule has 0 saturated heterocycles. The van der Waals surface area contributed by atoms with Crippen molar-refractivity contribution < 1.29 is 9.59 Å². The third kappa shape index (κ3) is 6.89. The number of hydrogen-bond acceptors (Lipinski definition) is 4. The van der Waals surface area contributed by atoms with Gasteiger partial charge in [-0.1, -0.05) is 23.2 Å². The largest absolute Gasteiger partial charge is 0.353 e. The molecule has 2 unspecified atom stereocenters. The number of carbonyl (C=O) groups excluding carboxylic acids is 2. The van der Waals surface area contributed by atoms with Crippen molar-refractivity contribution >= 4 is 46.8 Å². The molecule has 0 fully saturated rings. The van der Waals surface area contributed by atoms with E-state index in [0.29, 0.717) is 23.6 Å². The van der Waals surface area contributed by atoms with Gasteiger partial charge in [0.05, 0.1) is 10.6 Å². The second kappa shape index (κ2) is 10.8. The van der Waals surface area contributed by atoms with E-state index < -0.39 is 6.04 Å². The van der Waals surface area contributed by atoms with Crippen LogP contribution in [-0.4, -0.2) is 49.5 Å². The molecule has 0 aliphatic heterocycles. The van der Waals surface area contributed by atoms with Crippen LogP contribution in [-0.2, 0) is 4.79 Å². The number of halogens is 2. The van der Waals surface area contributed by atoms with Gasteiger partial charge in [-0.15, -0.1) is 0 Å². The van der Waals surface area contributed by atoms with Gasteiger partial charge in [-0.3, -0.25) is 9.59 Å². The molecule has 2 amide bonds. The minimum Gasteiger partial charge on any atom is -0.353 e. The van der Waals surface area contributed by atoms with Crippen LogP contribution in [0.5, 0.6) is 0 Å². The van der Waals surface area contributed by atoms with Crippen LogP contribution in [0.2, 0.25) is 10.0 Å². The molecule has 0 aliphatic rings. The molecule has 0 aliphatic carbocycles. The summed E-state index contributed by atoms with van der Waals surface area (Å²) in [5, 5.41) is 9.36. The zero-order chi connectivity index (χ0) is 18.1. The Morgan fingerprint density at radius 2 is 2.00 bits per heavy atom. The number of thioether (sulfide) groups is 1. The van der Waals surface area contributed by atoms with Gasteiger partial charge in [0.15, 0.2) is 0 Å². The minimum absolute atomic E-state index is 0.150. The molecule has 3 N–H and O–H groups in total. The Bertz CT molecular complexity index is 572. The van der Waals surface area contributed by atoms with E-state index in [1.54, 1.807) is 23.9 Å². The topological polar surface area (TPSA) is 70.2 Å². The first-order chi connectivity index (χ1) is 11.4. The molecule has 5 nitrogen and oxygen atoms in total. The summed E-state index contributed by atoms with van der Waals surface area (Å²) in [5.74, 6) is 0.165. The quantitative estimate of drug-likeness (QED) is 0.604. The van der Waals surface area contributed by atoms with Crippen LogP contribution < -0.4 is 16.0 Å². The Labute approximate surface area is 157 Å². The molecule has 0 radical (unpaired) electrons. The standard InChI is InChI=1S/C16H23Cl2N3O2S/c1-10(19-2)9-20-16(23)14(6-7-24-3)21-15(22)12-5-4-11(17)8-13(12)18/h4-5,8,10,14,19H,6-7,9H2,1-3H3,(H,20,23)(H,21,22). The second-order valence-electron chi connectivity index (χ2n) is 5.37. The van der Waals surface area contributed by atoms with Crippen molar-refractivity contribution in [1.29, 1.82) is 0 Å². The van der Waals surface area contributed by atoms with E-state index in [4.69, 9.17) is 23.2 Å². The summed E-state index contributed by atoms with van der Waals surface area (Å²) in [6, 6.07) is 4.18. The maximum atomic E-state index is 12.4. The highest BCUT2D eigenvalue weighted by Gasteiger charge is 2.22. The number of likely N-dealkylation sites (N-methyl/N-ethyl adjacent to an activating group) is 1. The van der Waals surface area contributed by atoms with Gasteiger partial charge in [0.1, 0.15) is 6.04 Å². The number of carbonyl (C=O) groups is 2. The SMILES string of the molecule is CNC(C)CNC(=O)C(CCSC)NC(=O)c1ccc(Cl)cc1Cl. The van der Waals surface area contributed by atoms with Gasteiger partial charge < -0.3 is 16.0 Å². The van der Waals surface area contributed by atoms with Crippen LogP contribution in [0.1, 0.15) is 23.7 Å². The van der Waals surface area contributed by atoms with Crippen molar-refractivity contribution in [2.24, 2.45) is 0 Å². The van der Waals surface area contributed by atoms with E-state index >= 15 is 0 Å². The lowest BCUT2D eigenvalue weighted by Gasteiger charge is -2.20. The van der Waals surface area contributed by atoms with Crippen molar-refractivity contribution in [1.82, 2.24) is 16.0 Å². The van der Waals surface area contributed by atoms with Crippen LogP contribution in [0.15, 0.2) is 18.2 Å². The monoisotopic (exact) mass is 391 g/mol. The lowest BCUT2D eigenvalue weighted by atomic mass is 10.1. The molecular formula is C16H23Cl2N3O2S.